The summed E-state index contributed by atoms with van der Waals surface area (Å²) in [7, 11) is 1.77. The Kier molecular flexibility index (Phi) is 3.36. The second-order valence-corrected chi connectivity index (χ2v) is 5.55. The molecule has 0 unspecified atom stereocenters. The highest BCUT2D eigenvalue weighted by atomic mass is 79.9. The summed E-state index contributed by atoms with van der Waals surface area (Å²) in [5, 5.41) is 0.913. The molecule has 0 aliphatic carbocycles. The van der Waals surface area contributed by atoms with Gasteiger partial charge in [0.25, 0.3) is 5.91 Å². The second-order valence-electron chi connectivity index (χ2n) is 4.63. The molecule has 0 fully saturated rings. The molecule has 0 spiro atoms. The number of H-pyrrole nitrogens is 1. The van der Waals surface area contributed by atoms with E-state index in [-0.39, 0.29) is 5.91 Å². The van der Waals surface area contributed by atoms with Crippen molar-refractivity contribution in [3.05, 3.63) is 58.6 Å². The molecule has 102 valence electrons. The molecular formula is C15H13BrN2O2. The van der Waals surface area contributed by atoms with Crippen LogP contribution < -0.4 is 0 Å². The molecule has 20 heavy (non-hydrogen) atoms. The highest BCUT2D eigenvalue weighted by Crippen LogP contribution is 2.24. The number of aromatic nitrogens is 1. The predicted octanol–water partition coefficient (Wildman–Crippen LogP) is 3.80. The number of hydrogen-bond acceptors (Lipinski definition) is 2. The van der Waals surface area contributed by atoms with E-state index in [0.29, 0.717) is 12.1 Å². The molecule has 2 heterocycles. The lowest BCUT2D eigenvalue weighted by Gasteiger charge is -2.15. The van der Waals surface area contributed by atoms with Gasteiger partial charge in [0, 0.05) is 28.6 Å². The highest BCUT2D eigenvalue weighted by Gasteiger charge is 2.17. The van der Waals surface area contributed by atoms with E-state index in [0.717, 1.165) is 21.1 Å². The number of aromatic amines is 1. The lowest BCUT2D eigenvalue weighted by molar-refractivity contribution is 0.0777. The minimum Gasteiger partial charge on any atom is -0.467 e. The molecule has 0 atom stereocenters. The van der Waals surface area contributed by atoms with E-state index >= 15 is 0 Å². The number of nitrogens with zero attached hydrogens (tertiary/aromatic N) is 1. The number of amides is 1. The van der Waals surface area contributed by atoms with Gasteiger partial charge in [0.15, 0.2) is 0 Å². The molecule has 1 aromatic carbocycles. The van der Waals surface area contributed by atoms with Crippen molar-refractivity contribution in [2.24, 2.45) is 0 Å². The molecule has 2 aromatic heterocycles. The number of fused-ring (bicyclic) bond motifs is 1. The van der Waals surface area contributed by atoms with Gasteiger partial charge >= 0.3 is 0 Å². The van der Waals surface area contributed by atoms with Crippen molar-refractivity contribution >= 4 is 32.7 Å². The van der Waals surface area contributed by atoms with Crippen molar-refractivity contribution in [1.82, 2.24) is 9.88 Å². The van der Waals surface area contributed by atoms with E-state index in [4.69, 9.17) is 4.42 Å². The molecule has 3 rings (SSSR count). The largest absolute Gasteiger partial charge is 0.467 e. The topological polar surface area (TPSA) is 49.2 Å². The molecule has 0 saturated heterocycles. The SMILES string of the molecule is CN(Cc1ccco1)C(=O)c1c[nH]c2ccc(Br)cc12. The van der Waals surface area contributed by atoms with E-state index < -0.39 is 0 Å². The Labute approximate surface area is 124 Å². The Morgan fingerprint density at radius 3 is 3.00 bits per heavy atom. The average molecular weight is 333 g/mol. The number of hydrogen-bond donors (Lipinski definition) is 1. The van der Waals surface area contributed by atoms with E-state index in [1.54, 1.807) is 24.4 Å². The van der Waals surface area contributed by atoms with Crippen LogP contribution in [-0.4, -0.2) is 22.8 Å². The monoisotopic (exact) mass is 332 g/mol. The van der Waals surface area contributed by atoms with Gasteiger partial charge in [-0.05, 0) is 30.3 Å². The van der Waals surface area contributed by atoms with Crippen molar-refractivity contribution in [3.8, 4) is 0 Å². The zero-order chi connectivity index (χ0) is 14.1. The number of furan rings is 1. The third kappa shape index (κ3) is 2.36. The van der Waals surface area contributed by atoms with Gasteiger partial charge in [0.05, 0.1) is 18.4 Å². The van der Waals surface area contributed by atoms with Crippen LogP contribution in [0.3, 0.4) is 0 Å². The summed E-state index contributed by atoms with van der Waals surface area (Å²) in [6, 6.07) is 9.51. The van der Waals surface area contributed by atoms with Crippen LogP contribution in [0.25, 0.3) is 10.9 Å². The second kappa shape index (κ2) is 5.17. The van der Waals surface area contributed by atoms with Crippen LogP contribution in [0, 0.1) is 0 Å². The molecule has 1 amide bonds. The minimum atomic E-state index is -0.0363. The van der Waals surface area contributed by atoms with Gasteiger partial charge in [-0.1, -0.05) is 15.9 Å². The van der Waals surface area contributed by atoms with E-state index in [1.807, 2.05) is 30.3 Å². The lowest BCUT2D eigenvalue weighted by Crippen LogP contribution is -2.25. The molecule has 3 aromatic rings. The molecule has 0 radical (unpaired) electrons. The number of nitrogens with one attached hydrogen (secondary N) is 1. The van der Waals surface area contributed by atoms with Crippen LogP contribution in [0.2, 0.25) is 0 Å². The number of carbonyl (C=O) groups is 1. The number of halogens is 1. The van der Waals surface area contributed by atoms with Gasteiger partial charge in [-0.15, -0.1) is 0 Å². The van der Waals surface area contributed by atoms with Crippen LogP contribution in [0.5, 0.6) is 0 Å². The molecule has 0 aliphatic heterocycles. The lowest BCUT2D eigenvalue weighted by atomic mass is 10.1. The summed E-state index contributed by atoms with van der Waals surface area (Å²) < 4.78 is 6.22. The first kappa shape index (κ1) is 13.0. The maximum Gasteiger partial charge on any atom is 0.256 e. The van der Waals surface area contributed by atoms with E-state index in [9.17, 15) is 4.79 Å². The molecule has 0 saturated carbocycles. The zero-order valence-electron chi connectivity index (χ0n) is 10.9. The summed E-state index contributed by atoms with van der Waals surface area (Å²) in [4.78, 5) is 17.3. The Bertz CT molecular complexity index is 746. The quantitative estimate of drug-likeness (QED) is 0.793. The summed E-state index contributed by atoms with van der Waals surface area (Å²) in [6.45, 7) is 0.451. The van der Waals surface area contributed by atoms with Crippen molar-refractivity contribution in [2.45, 2.75) is 6.54 Å². The van der Waals surface area contributed by atoms with Crippen LogP contribution in [0.1, 0.15) is 16.1 Å². The number of rotatable bonds is 3. The first-order valence-electron chi connectivity index (χ1n) is 6.19. The van der Waals surface area contributed by atoms with Crippen molar-refractivity contribution in [3.63, 3.8) is 0 Å². The fourth-order valence-electron chi connectivity index (χ4n) is 2.18. The van der Waals surface area contributed by atoms with Crippen LogP contribution in [0.15, 0.2) is 51.7 Å². The normalized spacial score (nSPS) is 10.9. The third-order valence-electron chi connectivity index (χ3n) is 3.19. The van der Waals surface area contributed by atoms with Gasteiger partial charge < -0.3 is 14.3 Å². The van der Waals surface area contributed by atoms with Crippen LogP contribution in [0.4, 0.5) is 0 Å². The molecular weight excluding hydrogens is 320 g/mol. The van der Waals surface area contributed by atoms with Gasteiger partial charge in [0.2, 0.25) is 0 Å². The first-order chi connectivity index (χ1) is 9.65. The molecule has 0 bridgehead atoms. The minimum absolute atomic E-state index is 0.0363. The van der Waals surface area contributed by atoms with Gasteiger partial charge in [0.1, 0.15) is 5.76 Å². The Balaban J connectivity index is 1.90. The van der Waals surface area contributed by atoms with Gasteiger partial charge in [-0.2, -0.15) is 0 Å². The summed E-state index contributed by atoms with van der Waals surface area (Å²) in [6.07, 6.45) is 3.36. The van der Waals surface area contributed by atoms with Crippen molar-refractivity contribution in [1.29, 1.82) is 0 Å². The average Bonchev–Trinajstić information content (AvgIpc) is 3.06. The van der Waals surface area contributed by atoms with Crippen molar-refractivity contribution < 1.29 is 9.21 Å². The van der Waals surface area contributed by atoms with Gasteiger partial charge in [-0.3, -0.25) is 4.79 Å². The summed E-state index contributed by atoms with van der Waals surface area (Å²) in [5.41, 5.74) is 1.61. The standard InChI is InChI=1S/C15H13BrN2O2/c1-18(9-11-3-2-6-20-11)15(19)13-8-17-14-5-4-10(16)7-12(13)14/h2-8,17H,9H2,1H3. The Morgan fingerprint density at radius 2 is 2.25 bits per heavy atom. The molecule has 0 aliphatic rings. The summed E-state index contributed by atoms with van der Waals surface area (Å²) in [5.74, 6) is 0.729. The van der Waals surface area contributed by atoms with Crippen LogP contribution in [-0.2, 0) is 6.54 Å². The summed E-state index contributed by atoms with van der Waals surface area (Å²) >= 11 is 3.43. The molecule has 4 nitrogen and oxygen atoms in total. The van der Waals surface area contributed by atoms with Crippen molar-refractivity contribution in [2.75, 3.05) is 7.05 Å². The highest BCUT2D eigenvalue weighted by molar-refractivity contribution is 9.10. The first-order valence-corrected chi connectivity index (χ1v) is 6.99. The van der Waals surface area contributed by atoms with E-state index in [2.05, 4.69) is 20.9 Å². The molecule has 1 N–H and O–H groups in total. The Hall–Kier alpha value is -2.01. The number of carbonyl (C=O) groups excluding carboxylic acids is 1. The fourth-order valence-corrected chi connectivity index (χ4v) is 2.54. The maximum absolute atomic E-state index is 12.5. The van der Waals surface area contributed by atoms with Crippen LogP contribution >= 0.6 is 15.9 Å². The maximum atomic E-state index is 12.5. The third-order valence-corrected chi connectivity index (χ3v) is 3.69. The molecule has 5 heteroatoms. The number of benzene rings is 1. The zero-order valence-corrected chi connectivity index (χ0v) is 12.5. The fraction of sp³-hybridized carbons (Fsp3) is 0.133. The smallest absolute Gasteiger partial charge is 0.256 e. The Morgan fingerprint density at radius 1 is 1.40 bits per heavy atom. The predicted molar refractivity (Wildman–Crippen MR) is 80.5 cm³/mol. The van der Waals surface area contributed by atoms with Gasteiger partial charge in [-0.25, -0.2) is 0 Å². The van der Waals surface area contributed by atoms with E-state index in [1.165, 1.54) is 0 Å².